The molecular weight excluding hydrogens is 556 g/mol. The van der Waals surface area contributed by atoms with E-state index in [1.807, 2.05) is 6.92 Å². The molecule has 2 rings (SSSR count). The fourth-order valence-corrected chi connectivity index (χ4v) is 4.35. The van der Waals surface area contributed by atoms with Crippen LogP contribution in [0.5, 0.6) is 0 Å². The topological polar surface area (TPSA) is 269 Å². The number of aliphatic hydroxyl groups excluding tert-OH is 11. The zero-order valence-electron chi connectivity index (χ0n) is 23.0. The first-order valence-electron chi connectivity index (χ1n) is 13.6. The minimum atomic E-state index is -2.08. The molecule has 0 aliphatic carbocycles. The van der Waals surface area contributed by atoms with Gasteiger partial charge >= 0.3 is 0 Å². The molecule has 2 aliphatic heterocycles. The standard InChI is InChI=1S/C25H46O16/c1-3-4-5-6-12(10-37-24-19(33)17(31)15(29)11(2)38-24)39-23(36)21(35)22(13(28)7-8-26)41-25-20(34)18(32)16(30)14(9-27)40-25/h5-6,11-36H,3-4,7-10H2,1-2H3/b6-5+/t11-,12+,13-,14?,15?,16-,17?,18?,19-,20?,21?,22?,23-,24?,25+/m0/s1. The van der Waals surface area contributed by atoms with Crippen molar-refractivity contribution in [2.75, 3.05) is 19.8 Å². The molecule has 41 heavy (non-hydrogen) atoms. The van der Waals surface area contributed by atoms with Gasteiger partial charge in [-0.05, 0) is 19.8 Å². The third-order valence-corrected chi connectivity index (χ3v) is 6.93. The first-order chi connectivity index (χ1) is 19.4. The van der Waals surface area contributed by atoms with Crippen LogP contribution in [-0.4, -0.2) is 168 Å². The largest absolute Gasteiger partial charge is 0.396 e. The van der Waals surface area contributed by atoms with Crippen LogP contribution >= 0.6 is 0 Å². The number of allylic oxidation sites excluding steroid dienone is 1. The van der Waals surface area contributed by atoms with Crippen LogP contribution in [0.4, 0.5) is 0 Å². The molecule has 0 radical (unpaired) electrons. The molecule has 242 valence electrons. The first-order valence-corrected chi connectivity index (χ1v) is 13.6. The van der Waals surface area contributed by atoms with E-state index < -0.39 is 105 Å². The summed E-state index contributed by atoms with van der Waals surface area (Å²) in [6.45, 7) is 1.71. The summed E-state index contributed by atoms with van der Waals surface area (Å²) in [6.07, 6.45) is -19.6. The number of ether oxygens (including phenoxy) is 5. The summed E-state index contributed by atoms with van der Waals surface area (Å²) < 4.78 is 27.2. The summed E-state index contributed by atoms with van der Waals surface area (Å²) in [5.74, 6) is 0. The van der Waals surface area contributed by atoms with Crippen molar-refractivity contribution in [3.63, 3.8) is 0 Å². The van der Waals surface area contributed by atoms with Crippen molar-refractivity contribution in [1.82, 2.24) is 0 Å². The Morgan fingerprint density at radius 3 is 2.07 bits per heavy atom. The molecule has 0 bridgehead atoms. The Balaban J connectivity index is 2.15. The highest BCUT2D eigenvalue weighted by molar-refractivity contribution is 4.93. The summed E-state index contributed by atoms with van der Waals surface area (Å²) in [5.41, 5.74) is 0. The Kier molecular flexibility index (Phi) is 15.4. The molecule has 8 unspecified atom stereocenters. The summed E-state index contributed by atoms with van der Waals surface area (Å²) >= 11 is 0. The van der Waals surface area contributed by atoms with E-state index in [4.69, 9.17) is 23.7 Å². The zero-order valence-corrected chi connectivity index (χ0v) is 23.0. The van der Waals surface area contributed by atoms with E-state index in [0.29, 0.717) is 6.42 Å². The molecule has 0 aromatic carbocycles. The predicted octanol–water partition coefficient (Wildman–Crippen LogP) is -4.82. The van der Waals surface area contributed by atoms with Gasteiger partial charge in [-0.2, -0.15) is 0 Å². The van der Waals surface area contributed by atoms with Gasteiger partial charge in [-0.25, -0.2) is 0 Å². The van der Waals surface area contributed by atoms with E-state index in [1.54, 1.807) is 6.08 Å². The smallest absolute Gasteiger partial charge is 0.187 e. The lowest BCUT2D eigenvalue weighted by molar-refractivity contribution is -0.334. The van der Waals surface area contributed by atoms with Crippen molar-refractivity contribution in [3.8, 4) is 0 Å². The fraction of sp³-hybridized carbons (Fsp3) is 0.920. The molecule has 2 aliphatic rings. The van der Waals surface area contributed by atoms with Gasteiger partial charge in [-0.3, -0.25) is 0 Å². The minimum Gasteiger partial charge on any atom is -0.396 e. The van der Waals surface area contributed by atoms with Gasteiger partial charge in [0.1, 0.15) is 61.0 Å². The molecule has 0 aromatic heterocycles. The van der Waals surface area contributed by atoms with Crippen molar-refractivity contribution in [2.24, 2.45) is 0 Å². The molecule has 0 saturated carbocycles. The third-order valence-electron chi connectivity index (χ3n) is 6.93. The maximum atomic E-state index is 10.9. The second-order valence-corrected chi connectivity index (χ2v) is 10.2. The highest BCUT2D eigenvalue weighted by atomic mass is 16.7. The normalized spacial score (nSPS) is 38.5. The maximum Gasteiger partial charge on any atom is 0.187 e. The van der Waals surface area contributed by atoms with Crippen molar-refractivity contribution in [1.29, 1.82) is 0 Å². The highest BCUT2D eigenvalue weighted by Crippen LogP contribution is 2.26. The first kappa shape index (κ1) is 36.3. The monoisotopic (exact) mass is 602 g/mol. The van der Waals surface area contributed by atoms with E-state index in [-0.39, 0.29) is 13.0 Å². The lowest BCUT2D eigenvalue weighted by atomic mass is 9.98. The number of hydrogen-bond acceptors (Lipinski definition) is 16. The number of unbranched alkanes of at least 4 members (excludes halogenated alkanes) is 1. The van der Waals surface area contributed by atoms with Gasteiger partial charge in [0, 0.05) is 6.61 Å². The lowest BCUT2D eigenvalue weighted by Gasteiger charge is -2.42. The molecule has 2 fully saturated rings. The van der Waals surface area contributed by atoms with Crippen molar-refractivity contribution >= 4 is 0 Å². The second kappa shape index (κ2) is 17.4. The van der Waals surface area contributed by atoms with Crippen LogP contribution in [0.2, 0.25) is 0 Å². The predicted molar refractivity (Wildman–Crippen MR) is 136 cm³/mol. The summed E-state index contributed by atoms with van der Waals surface area (Å²) in [6, 6.07) is 0. The van der Waals surface area contributed by atoms with Gasteiger partial charge in [-0.15, -0.1) is 0 Å². The van der Waals surface area contributed by atoms with Gasteiger partial charge in [-0.1, -0.05) is 25.5 Å². The molecule has 0 amide bonds. The van der Waals surface area contributed by atoms with Gasteiger partial charge in [0.25, 0.3) is 0 Å². The quantitative estimate of drug-likeness (QED) is 0.0584. The van der Waals surface area contributed by atoms with Crippen LogP contribution in [0, 0.1) is 0 Å². The van der Waals surface area contributed by atoms with Crippen molar-refractivity contribution in [3.05, 3.63) is 12.2 Å². The molecule has 2 heterocycles. The summed E-state index contributed by atoms with van der Waals surface area (Å²) in [5, 5.41) is 111. The van der Waals surface area contributed by atoms with E-state index in [1.165, 1.54) is 13.0 Å². The Labute approximate surface area is 237 Å². The van der Waals surface area contributed by atoms with E-state index in [0.717, 1.165) is 6.42 Å². The molecule has 15 atom stereocenters. The second-order valence-electron chi connectivity index (χ2n) is 10.2. The SMILES string of the molecule is CCC/C=C/[C@H](COC1O[C@@H](C)C(O)C(O)[C@@H]1O)O[C@H](O)C(O)C(O[C@H]1OC(CO)[C@H](O)C(O)C1O)[C@@H](O)CCO. The molecule has 11 N–H and O–H groups in total. The molecule has 2 saturated heterocycles. The van der Waals surface area contributed by atoms with Crippen LogP contribution < -0.4 is 0 Å². The number of rotatable bonds is 16. The van der Waals surface area contributed by atoms with E-state index in [9.17, 15) is 56.2 Å². The van der Waals surface area contributed by atoms with Crippen molar-refractivity contribution in [2.45, 2.75) is 125 Å². The number of aliphatic hydroxyl groups is 11. The zero-order chi connectivity index (χ0) is 30.9. The molecule has 16 heteroatoms. The van der Waals surface area contributed by atoms with Crippen LogP contribution in [0.15, 0.2) is 12.2 Å². The fourth-order valence-electron chi connectivity index (χ4n) is 4.35. The molecule has 0 aromatic rings. The average Bonchev–Trinajstić information content (AvgIpc) is 2.95. The van der Waals surface area contributed by atoms with Crippen LogP contribution in [0.25, 0.3) is 0 Å². The third kappa shape index (κ3) is 9.80. The van der Waals surface area contributed by atoms with E-state index in [2.05, 4.69) is 0 Å². The van der Waals surface area contributed by atoms with Gasteiger partial charge in [0.15, 0.2) is 18.9 Å². The van der Waals surface area contributed by atoms with E-state index >= 15 is 0 Å². The van der Waals surface area contributed by atoms with Crippen molar-refractivity contribution < 1.29 is 79.9 Å². The minimum absolute atomic E-state index is 0.349. The Bertz CT molecular complexity index is 757. The van der Waals surface area contributed by atoms with Gasteiger partial charge in [0.2, 0.25) is 0 Å². The summed E-state index contributed by atoms with van der Waals surface area (Å²) in [7, 11) is 0. The number of hydrogen-bond donors (Lipinski definition) is 11. The summed E-state index contributed by atoms with van der Waals surface area (Å²) in [4.78, 5) is 0. The molecule has 0 spiro atoms. The highest BCUT2D eigenvalue weighted by Gasteiger charge is 2.47. The van der Waals surface area contributed by atoms with Crippen LogP contribution in [0.1, 0.15) is 33.1 Å². The average molecular weight is 603 g/mol. The van der Waals surface area contributed by atoms with Crippen LogP contribution in [-0.2, 0) is 23.7 Å². The maximum absolute atomic E-state index is 10.9. The Morgan fingerprint density at radius 2 is 1.46 bits per heavy atom. The van der Waals surface area contributed by atoms with Gasteiger partial charge < -0.3 is 79.9 Å². The lowest BCUT2D eigenvalue weighted by Crippen LogP contribution is -2.61. The molecule has 16 nitrogen and oxygen atoms in total. The Morgan fingerprint density at radius 1 is 0.829 bits per heavy atom. The molecular formula is C25H46O16. The van der Waals surface area contributed by atoms with Gasteiger partial charge in [0.05, 0.1) is 25.4 Å². The van der Waals surface area contributed by atoms with Crippen LogP contribution in [0.3, 0.4) is 0 Å². The Hall–Kier alpha value is -0.900.